The SMILES string of the molecule is CCc1ccc(N2C=C(C(=O)N(CC)c3ccccc3)S(=O)(=O)c3ccc(F)cc32)cc1. The van der Waals surface area contributed by atoms with Gasteiger partial charge in [0.2, 0.25) is 9.84 Å². The summed E-state index contributed by atoms with van der Waals surface area (Å²) >= 11 is 0. The molecule has 1 aliphatic rings. The Morgan fingerprint density at radius 1 is 0.969 bits per heavy atom. The van der Waals surface area contributed by atoms with Crippen LogP contribution < -0.4 is 9.80 Å². The molecule has 3 aromatic carbocycles. The molecule has 0 aromatic heterocycles. The number of fused-ring (bicyclic) bond motifs is 1. The van der Waals surface area contributed by atoms with Crippen LogP contribution >= 0.6 is 0 Å². The Morgan fingerprint density at radius 2 is 1.66 bits per heavy atom. The molecule has 3 aromatic rings. The summed E-state index contributed by atoms with van der Waals surface area (Å²) in [6.45, 7) is 4.11. The number of carbonyl (C=O) groups excluding carboxylic acids is 1. The smallest absolute Gasteiger partial charge is 0.271 e. The Labute approximate surface area is 187 Å². The van der Waals surface area contributed by atoms with E-state index < -0.39 is 21.6 Å². The molecule has 0 saturated heterocycles. The molecule has 0 radical (unpaired) electrons. The van der Waals surface area contributed by atoms with Crippen molar-refractivity contribution in [2.75, 3.05) is 16.3 Å². The molecule has 4 rings (SSSR count). The van der Waals surface area contributed by atoms with Gasteiger partial charge in [-0.15, -0.1) is 0 Å². The van der Waals surface area contributed by atoms with Gasteiger partial charge in [-0.2, -0.15) is 0 Å². The lowest BCUT2D eigenvalue weighted by atomic mass is 10.1. The van der Waals surface area contributed by atoms with Crippen molar-refractivity contribution in [2.24, 2.45) is 0 Å². The maximum absolute atomic E-state index is 14.1. The van der Waals surface area contributed by atoms with Gasteiger partial charge < -0.3 is 9.80 Å². The van der Waals surface area contributed by atoms with Crippen LogP contribution in [0.25, 0.3) is 0 Å². The van der Waals surface area contributed by atoms with E-state index in [1.165, 1.54) is 23.2 Å². The molecule has 1 amide bonds. The summed E-state index contributed by atoms with van der Waals surface area (Å²) in [5.74, 6) is -1.19. The van der Waals surface area contributed by atoms with E-state index in [2.05, 4.69) is 0 Å². The second kappa shape index (κ2) is 8.59. The maximum atomic E-state index is 14.1. The number of nitrogens with zero attached hydrogens (tertiary/aromatic N) is 2. The number of amides is 1. The molecular weight excluding hydrogens is 427 g/mol. The second-order valence-electron chi connectivity index (χ2n) is 7.38. The lowest BCUT2D eigenvalue weighted by Crippen LogP contribution is -2.37. The van der Waals surface area contributed by atoms with E-state index in [1.807, 2.05) is 37.3 Å². The summed E-state index contributed by atoms with van der Waals surface area (Å²) in [5.41, 5.74) is 2.52. The highest BCUT2D eigenvalue weighted by atomic mass is 32.2. The van der Waals surface area contributed by atoms with Gasteiger partial charge in [-0.05, 0) is 61.4 Å². The first kappa shape index (κ1) is 21.8. The molecular formula is C25H23FN2O3S. The van der Waals surface area contributed by atoms with Crippen molar-refractivity contribution in [2.45, 2.75) is 25.2 Å². The van der Waals surface area contributed by atoms with Crippen LogP contribution in [0.4, 0.5) is 21.5 Å². The fraction of sp³-hybridized carbons (Fsp3) is 0.160. The van der Waals surface area contributed by atoms with E-state index in [4.69, 9.17) is 0 Å². The quantitative estimate of drug-likeness (QED) is 0.501. The maximum Gasteiger partial charge on any atom is 0.271 e. The van der Waals surface area contributed by atoms with Crippen LogP contribution in [-0.2, 0) is 21.1 Å². The molecule has 1 heterocycles. The molecule has 164 valence electrons. The van der Waals surface area contributed by atoms with E-state index in [0.717, 1.165) is 18.1 Å². The van der Waals surface area contributed by atoms with Crippen molar-refractivity contribution in [3.8, 4) is 0 Å². The molecule has 0 N–H and O–H groups in total. The topological polar surface area (TPSA) is 57.7 Å². The van der Waals surface area contributed by atoms with Crippen LogP contribution in [0.2, 0.25) is 0 Å². The first-order valence-corrected chi connectivity index (χ1v) is 11.9. The van der Waals surface area contributed by atoms with Gasteiger partial charge in [-0.3, -0.25) is 4.79 Å². The highest BCUT2D eigenvalue weighted by molar-refractivity contribution is 7.96. The molecule has 0 aliphatic carbocycles. The number of hydrogen-bond acceptors (Lipinski definition) is 4. The van der Waals surface area contributed by atoms with Crippen LogP contribution in [-0.4, -0.2) is 20.9 Å². The normalized spacial score (nSPS) is 14.5. The second-order valence-corrected chi connectivity index (χ2v) is 9.27. The van der Waals surface area contributed by atoms with Gasteiger partial charge in [-0.25, -0.2) is 12.8 Å². The van der Waals surface area contributed by atoms with Gasteiger partial charge in [0, 0.05) is 24.1 Å². The third-order valence-electron chi connectivity index (χ3n) is 5.47. The van der Waals surface area contributed by atoms with Gasteiger partial charge in [0.05, 0.1) is 10.6 Å². The summed E-state index contributed by atoms with van der Waals surface area (Å²) in [7, 11) is -4.15. The van der Waals surface area contributed by atoms with Crippen LogP contribution in [0, 0.1) is 5.82 Å². The summed E-state index contributed by atoms with van der Waals surface area (Å²) in [5, 5.41) is 0. The summed E-state index contributed by atoms with van der Waals surface area (Å²) in [4.78, 5) is 16.0. The van der Waals surface area contributed by atoms with Crippen molar-refractivity contribution in [1.82, 2.24) is 0 Å². The molecule has 32 heavy (non-hydrogen) atoms. The third kappa shape index (κ3) is 3.80. The van der Waals surface area contributed by atoms with Gasteiger partial charge in [0.1, 0.15) is 5.82 Å². The number of anilines is 3. The zero-order valence-electron chi connectivity index (χ0n) is 17.8. The highest BCUT2D eigenvalue weighted by Gasteiger charge is 2.38. The number of para-hydroxylation sites is 1. The molecule has 1 aliphatic heterocycles. The third-order valence-corrected chi connectivity index (χ3v) is 7.25. The van der Waals surface area contributed by atoms with Crippen molar-refractivity contribution < 1.29 is 17.6 Å². The average molecular weight is 451 g/mol. The minimum absolute atomic E-state index is 0.103. The van der Waals surface area contributed by atoms with Crippen molar-refractivity contribution >= 4 is 32.8 Å². The molecule has 7 heteroatoms. The standard InChI is InChI=1S/C25H23FN2O3S/c1-3-18-10-13-21(14-11-18)28-17-24(25(29)27(4-2)20-8-6-5-7-9-20)32(30,31)23-15-12-19(26)16-22(23)28/h5-17H,3-4H2,1-2H3. The van der Waals surface area contributed by atoms with E-state index in [0.29, 0.717) is 11.4 Å². The molecule has 0 unspecified atom stereocenters. The predicted octanol–water partition coefficient (Wildman–Crippen LogP) is 5.21. The first-order chi connectivity index (χ1) is 15.4. The molecule has 0 atom stereocenters. The Bertz CT molecular complexity index is 1290. The number of aryl methyl sites for hydroxylation is 1. The van der Waals surface area contributed by atoms with E-state index in [-0.39, 0.29) is 22.0 Å². The number of hydrogen-bond donors (Lipinski definition) is 0. The van der Waals surface area contributed by atoms with Crippen LogP contribution in [0.3, 0.4) is 0 Å². The summed E-state index contributed by atoms with van der Waals surface area (Å²) in [6, 6.07) is 19.9. The van der Waals surface area contributed by atoms with Crippen LogP contribution in [0.15, 0.2) is 88.8 Å². The monoisotopic (exact) mass is 450 g/mol. The average Bonchev–Trinajstić information content (AvgIpc) is 2.80. The molecule has 0 bridgehead atoms. The Hall–Kier alpha value is -3.45. The van der Waals surface area contributed by atoms with Gasteiger partial charge in [-0.1, -0.05) is 37.3 Å². The molecule has 0 fully saturated rings. The zero-order valence-corrected chi connectivity index (χ0v) is 18.6. The predicted molar refractivity (Wildman–Crippen MR) is 124 cm³/mol. The lowest BCUT2D eigenvalue weighted by molar-refractivity contribution is -0.114. The lowest BCUT2D eigenvalue weighted by Gasteiger charge is -2.31. The van der Waals surface area contributed by atoms with Gasteiger partial charge in [0.25, 0.3) is 5.91 Å². The van der Waals surface area contributed by atoms with E-state index in [9.17, 15) is 17.6 Å². The van der Waals surface area contributed by atoms with Crippen LogP contribution in [0.5, 0.6) is 0 Å². The van der Waals surface area contributed by atoms with Gasteiger partial charge in [0.15, 0.2) is 4.91 Å². The number of sulfone groups is 1. The number of carbonyl (C=O) groups is 1. The molecule has 0 saturated carbocycles. The molecule has 5 nitrogen and oxygen atoms in total. The number of halogens is 1. The van der Waals surface area contributed by atoms with E-state index in [1.54, 1.807) is 36.1 Å². The van der Waals surface area contributed by atoms with Gasteiger partial charge >= 0.3 is 0 Å². The Morgan fingerprint density at radius 3 is 2.28 bits per heavy atom. The fourth-order valence-electron chi connectivity index (χ4n) is 3.74. The summed E-state index contributed by atoms with van der Waals surface area (Å²) in [6.07, 6.45) is 2.15. The molecule has 0 spiro atoms. The Balaban J connectivity index is 1.88. The number of rotatable bonds is 5. The zero-order chi connectivity index (χ0) is 22.9. The number of likely N-dealkylation sites (N-methyl/N-ethyl adjacent to an activating group) is 1. The van der Waals surface area contributed by atoms with Crippen molar-refractivity contribution in [3.05, 3.63) is 95.3 Å². The Kier molecular flexibility index (Phi) is 5.84. The van der Waals surface area contributed by atoms with Crippen molar-refractivity contribution in [1.29, 1.82) is 0 Å². The summed E-state index contributed by atoms with van der Waals surface area (Å²) < 4.78 is 40.9. The minimum atomic E-state index is -4.15. The number of benzene rings is 3. The van der Waals surface area contributed by atoms with Crippen LogP contribution in [0.1, 0.15) is 19.4 Å². The first-order valence-electron chi connectivity index (χ1n) is 10.4. The van der Waals surface area contributed by atoms with E-state index >= 15 is 0 Å². The minimum Gasteiger partial charge on any atom is -0.314 e. The largest absolute Gasteiger partial charge is 0.314 e. The van der Waals surface area contributed by atoms with Crippen molar-refractivity contribution in [3.63, 3.8) is 0 Å². The highest BCUT2D eigenvalue weighted by Crippen LogP contribution is 2.40. The fourth-order valence-corrected chi connectivity index (χ4v) is 5.24.